The summed E-state index contributed by atoms with van der Waals surface area (Å²) in [4.78, 5) is 7.01. The Balaban J connectivity index is 1.91. The molecule has 0 amide bonds. The van der Waals surface area contributed by atoms with Crippen LogP contribution < -0.4 is 4.74 Å². The Morgan fingerprint density at radius 3 is 2.74 bits per heavy atom. The van der Waals surface area contributed by atoms with Crippen LogP contribution >= 0.6 is 0 Å². The quantitative estimate of drug-likeness (QED) is 0.823. The Kier molecular flexibility index (Phi) is 3.00. The highest BCUT2D eigenvalue weighted by Gasteiger charge is 2.34. The second-order valence-corrected chi connectivity index (χ2v) is 4.69. The van der Waals surface area contributed by atoms with Crippen LogP contribution in [0.25, 0.3) is 0 Å². The number of amidine groups is 1. The van der Waals surface area contributed by atoms with E-state index in [-0.39, 0.29) is 17.2 Å². The van der Waals surface area contributed by atoms with E-state index in [1.165, 1.54) is 19.2 Å². The fourth-order valence-corrected chi connectivity index (χ4v) is 2.63. The summed E-state index contributed by atoms with van der Waals surface area (Å²) in [5.41, 5.74) is 0.109. The normalized spacial score (nSPS) is 21.7. The number of benzene rings is 1. The molecule has 2 aliphatic rings. The number of ether oxygens (including phenoxy) is 1. The zero-order chi connectivity index (χ0) is 13.4. The van der Waals surface area contributed by atoms with Crippen LogP contribution in [0.1, 0.15) is 17.9 Å². The molecule has 19 heavy (non-hydrogen) atoms. The molecule has 0 radical (unpaired) electrons. The van der Waals surface area contributed by atoms with Crippen LogP contribution in [0.4, 0.5) is 8.78 Å². The van der Waals surface area contributed by atoms with Crippen molar-refractivity contribution < 1.29 is 18.4 Å². The predicted molar refractivity (Wildman–Crippen MR) is 65.2 cm³/mol. The van der Waals surface area contributed by atoms with Gasteiger partial charge in [-0.15, -0.1) is 0 Å². The maximum atomic E-state index is 14.0. The van der Waals surface area contributed by atoms with Crippen LogP contribution in [-0.2, 0) is 4.84 Å². The zero-order valence-corrected chi connectivity index (χ0v) is 10.5. The lowest BCUT2D eigenvalue weighted by Gasteiger charge is -2.21. The Morgan fingerprint density at radius 1 is 1.37 bits per heavy atom. The van der Waals surface area contributed by atoms with Gasteiger partial charge in [-0.25, -0.2) is 8.78 Å². The minimum atomic E-state index is -0.566. The molecule has 6 heteroatoms. The topological polar surface area (TPSA) is 34.1 Å². The van der Waals surface area contributed by atoms with Crippen molar-refractivity contribution in [3.8, 4) is 5.75 Å². The monoisotopic (exact) mass is 268 g/mol. The van der Waals surface area contributed by atoms with Crippen LogP contribution in [0.3, 0.4) is 0 Å². The van der Waals surface area contributed by atoms with Crippen molar-refractivity contribution in [2.24, 2.45) is 5.16 Å². The van der Waals surface area contributed by atoms with Crippen molar-refractivity contribution in [3.05, 3.63) is 29.3 Å². The first-order valence-corrected chi connectivity index (χ1v) is 6.15. The molecule has 2 heterocycles. The number of nitrogens with zero attached hydrogens (tertiary/aromatic N) is 2. The van der Waals surface area contributed by atoms with Gasteiger partial charge in [0.15, 0.2) is 0 Å². The molecule has 0 spiro atoms. The molecule has 0 unspecified atom stereocenters. The van der Waals surface area contributed by atoms with Crippen LogP contribution in [0.15, 0.2) is 17.3 Å². The fourth-order valence-electron chi connectivity index (χ4n) is 2.63. The molecule has 0 bridgehead atoms. The summed E-state index contributed by atoms with van der Waals surface area (Å²) in [6.45, 7) is 1.81. The lowest BCUT2D eigenvalue weighted by atomic mass is 9.97. The van der Waals surface area contributed by atoms with Crippen molar-refractivity contribution >= 4 is 5.84 Å². The second-order valence-electron chi connectivity index (χ2n) is 4.69. The smallest absolute Gasteiger partial charge is 0.145 e. The first kappa shape index (κ1) is 12.2. The molecule has 1 aromatic carbocycles. The maximum Gasteiger partial charge on any atom is 0.145 e. The average molecular weight is 268 g/mol. The molecule has 0 saturated carbocycles. The van der Waals surface area contributed by atoms with Crippen LogP contribution in [-0.4, -0.2) is 37.5 Å². The summed E-state index contributed by atoms with van der Waals surface area (Å²) in [5, 5.41) is 3.93. The lowest BCUT2D eigenvalue weighted by molar-refractivity contribution is 0.106. The first-order valence-electron chi connectivity index (χ1n) is 6.15. The van der Waals surface area contributed by atoms with Gasteiger partial charge in [-0.05, 0) is 0 Å². The number of oxime groups is 1. The van der Waals surface area contributed by atoms with E-state index in [2.05, 4.69) is 5.16 Å². The van der Waals surface area contributed by atoms with Crippen molar-refractivity contribution in [2.75, 3.05) is 26.8 Å². The lowest BCUT2D eigenvalue weighted by Crippen LogP contribution is -2.32. The van der Waals surface area contributed by atoms with Crippen molar-refractivity contribution in [1.82, 2.24) is 4.90 Å². The molecular weight excluding hydrogens is 254 g/mol. The van der Waals surface area contributed by atoms with Gasteiger partial charge >= 0.3 is 0 Å². The van der Waals surface area contributed by atoms with E-state index >= 15 is 0 Å². The maximum absolute atomic E-state index is 14.0. The van der Waals surface area contributed by atoms with Gasteiger partial charge in [0.1, 0.15) is 29.8 Å². The molecule has 102 valence electrons. The standard InChI is InChI=1S/C13H14F2N2O2/c1-18-9-5-10(14)13(11(15)6-9)8-4-12-16-19-3-2-17(12)7-8/h5-6,8H,2-4,7H2,1H3/t8-/m0/s1. The van der Waals surface area contributed by atoms with E-state index in [1.54, 1.807) is 0 Å². The molecule has 3 rings (SSSR count). The van der Waals surface area contributed by atoms with Gasteiger partial charge < -0.3 is 14.5 Å². The molecule has 1 atom stereocenters. The molecule has 0 N–H and O–H groups in total. The SMILES string of the molecule is COc1cc(F)c([C@H]2CC3=NOCCN3C2)c(F)c1. The summed E-state index contributed by atoms with van der Waals surface area (Å²) in [6.07, 6.45) is 0.500. The summed E-state index contributed by atoms with van der Waals surface area (Å²) in [6, 6.07) is 2.43. The van der Waals surface area contributed by atoms with E-state index < -0.39 is 11.6 Å². The van der Waals surface area contributed by atoms with Gasteiger partial charge in [0.2, 0.25) is 0 Å². The van der Waals surface area contributed by atoms with E-state index in [0.717, 1.165) is 5.84 Å². The van der Waals surface area contributed by atoms with Crippen molar-refractivity contribution in [2.45, 2.75) is 12.3 Å². The number of hydrogen-bond donors (Lipinski definition) is 0. The third-order valence-electron chi connectivity index (χ3n) is 3.55. The molecule has 4 nitrogen and oxygen atoms in total. The van der Waals surface area contributed by atoms with Gasteiger partial charge in [0.25, 0.3) is 0 Å². The van der Waals surface area contributed by atoms with Crippen LogP contribution in [0, 0.1) is 11.6 Å². The Hall–Kier alpha value is -1.85. The Labute approximate surface area is 109 Å². The number of hydrogen-bond acceptors (Lipinski definition) is 4. The molecule has 0 aliphatic carbocycles. The Bertz CT molecular complexity index is 510. The van der Waals surface area contributed by atoms with Gasteiger partial charge in [-0.1, -0.05) is 5.16 Å². The summed E-state index contributed by atoms with van der Waals surface area (Å²) >= 11 is 0. The Morgan fingerprint density at radius 2 is 2.11 bits per heavy atom. The third kappa shape index (κ3) is 2.11. The first-order chi connectivity index (χ1) is 9.19. The molecule has 1 saturated heterocycles. The summed E-state index contributed by atoms with van der Waals surface area (Å²) < 4.78 is 32.9. The highest BCUT2D eigenvalue weighted by molar-refractivity contribution is 5.85. The van der Waals surface area contributed by atoms with Crippen LogP contribution in [0.5, 0.6) is 5.75 Å². The van der Waals surface area contributed by atoms with Gasteiger partial charge in [-0.2, -0.15) is 0 Å². The van der Waals surface area contributed by atoms with Gasteiger partial charge in [-0.3, -0.25) is 0 Å². The average Bonchev–Trinajstić information content (AvgIpc) is 2.80. The highest BCUT2D eigenvalue weighted by Crippen LogP contribution is 2.34. The van der Waals surface area contributed by atoms with E-state index in [4.69, 9.17) is 9.57 Å². The third-order valence-corrected chi connectivity index (χ3v) is 3.55. The number of fused-ring (bicyclic) bond motifs is 1. The van der Waals surface area contributed by atoms with E-state index in [1.807, 2.05) is 4.90 Å². The minimum absolute atomic E-state index is 0.109. The number of rotatable bonds is 2. The van der Waals surface area contributed by atoms with Crippen LogP contribution in [0.2, 0.25) is 0 Å². The molecule has 0 aromatic heterocycles. The number of halogens is 2. The van der Waals surface area contributed by atoms with Crippen molar-refractivity contribution in [1.29, 1.82) is 0 Å². The molecule has 1 aromatic rings. The fraction of sp³-hybridized carbons (Fsp3) is 0.462. The number of methoxy groups -OCH3 is 1. The molecular formula is C13H14F2N2O2. The highest BCUT2D eigenvalue weighted by atomic mass is 19.1. The van der Waals surface area contributed by atoms with E-state index in [9.17, 15) is 8.78 Å². The largest absolute Gasteiger partial charge is 0.497 e. The van der Waals surface area contributed by atoms with Gasteiger partial charge in [0.05, 0.1) is 13.7 Å². The minimum Gasteiger partial charge on any atom is -0.497 e. The van der Waals surface area contributed by atoms with Gasteiger partial charge in [0, 0.05) is 36.6 Å². The molecule has 2 aliphatic heterocycles. The van der Waals surface area contributed by atoms with Crippen molar-refractivity contribution in [3.63, 3.8) is 0 Å². The summed E-state index contributed by atoms with van der Waals surface area (Å²) in [7, 11) is 1.38. The predicted octanol–water partition coefficient (Wildman–Crippen LogP) is 2.11. The second kappa shape index (κ2) is 4.68. The summed E-state index contributed by atoms with van der Waals surface area (Å²) in [5.74, 6) is -0.404. The zero-order valence-electron chi connectivity index (χ0n) is 10.5. The van der Waals surface area contributed by atoms with E-state index in [0.29, 0.717) is 26.1 Å². The molecule has 1 fully saturated rings.